The third-order valence-electron chi connectivity index (χ3n) is 5.05. The zero-order chi connectivity index (χ0) is 21.4. The van der Waals surface area contributed by atoms with Crippen molar-refractivity contribution in [3.8, 4) is 34.0 Å². The number of hydrogen-bond donors (Lipinski definition) is 1. The van der Waals surface area contributed by atoms with Crippen LogP contribution in [0.5, 0.6) is 5.75 Å². The highest BCUT2D eigenvalue weighted by Gasteiger charge is 2.18. The van der Waals surface area contributed by atoms with Crippen LogP contribution in [0, 0.1) is 4.77 Å². The van der Waals surface area contributed by atoms with Gasteiger partial charge >= 0.3 is 0 Å². The van der Waals surface area contributed by atoms with E-state index in [0.29, 0.717) is 39.5 Å². The van der Waals surface area contributed by atoms with Crippen molar-refractivity contribution in [2.24, 2.45) is 0 Å². The number of fused-ring (bicyclic) bond motifs is 1. The van der Waals surface area contributed by atoms with Crippen LogP contribution < -0.4 is 10.3 Å². The first-order valence-corrected chi connectivity index (χ1v) is 10.0. The van der Waals surface area contributed by atoms with Crippen LogP contribution in [0.2, 0.25) is 0 Å². The van der Waals surface area contributed by atoms with Gasteiger partial charge in [-0.05, 0) is 54.7 Å². The molecule has 0 fully saturated rings. The third-order valence-corrected chi connectivity index (χ3v) is 5.34. The lowest BCUT2D eigenvalue weighted by Crippen LogP contribution is -2.21. The largest absolute Gasteiger partial charge is 0.497 e. The SMILES string of the molecule is COc1ccc(-n2c(=S)[nH]c3nc(-c4ccccc4)cc(-c4ccco4)c3c2=O)cc1. The van der Waals surface area contributed by atoms with E-state index in [1.807, 2.05) is 42.5 Å². The quantitative estimate of drug-likeness (QED) is 0.390. The molecule has 2 aromatic carbocycles. The van der Waals surface area contributed by atoms with Crippen molar-refractivity contribution in [2.45, 2.75) is 0 Å². The van der Waals surface area contributed by atoms with Gasteiger partial charge in [-0.15, -0.1) is 0 Å². The number of nitrogens with one attached hydrogen (secondary N) is 1. The summed E-state index contributed by atoms with van der Waals surface area (Å²) in [7, 11) is 1.59. The van der Waals surface area contributed by atoms with Gasteiger partial charge in [-0.1, -0.05) is 30.3 Å². The van der Waals surface area contributed by atoms with Gasteiger partial charge in [-0.2, -0.15) is 0 Å². The van der Waals surface area contributed by atoms with Crippen molar-refractivity contribution in [1.29, 1.82) is 0 Å². The Morgan fingerprint density at radius 2 is 1.81 bits per heavy atom. The molecule has 6 nitrogen and oxygen atoms in total. The van der Waals surface area contributed by atoms with E-state index in [4.69, 9.17) is 26.4 Å². The second-order valence-electron chi connectivity index (χ2n) is 6.89. The summed E-state index contributed by atoms with van der Waals surface area (Å²) < 4.78 is 12.6. The minimum atomic E-state index is -0.276. The standard InChI is InChI=1S/C24H17N3O3S/c1-29-17-11-9-16(10-12-17)27-23(28)21-18(20-8-5-13-30-20)14-19(15-6-3-2-4-7-15)25-22(21)26-24(27)31/h2-14H,1H3,(H,25,26,31). The van der Waals surface area contributed by atoms with Crippen LogP contribution >= 0.6 is 12.2 Å². The molecule has 0 radical (unpaired) electrons. The first-order valence-electron chi connectivity index (χ1n) is 9.59. The number of methoxy groups -OCH3 is 1. The van der Waals surface area contributed by atoms with Crippen molar-refractivity contribution < 1.29 is 9.15 Å². The van der Waals surface area contributed by atoms with Gasteiger partial charge in [0.1, 0.15) is 17.2 Å². The van der Waals surface area contributed by atoms with E-state index in [2.05, 4.69) is 4.98 Å². The molecular weight excluding hydrogens is 410 g/mol. The maximum Gasteiger partial charge on any atom is 0.269 e. The Morgan fingerprint density at radius 1 is 1.03 bits per heavy atom. The second-order valence-corrected chi connectivity index (χ2v) is 7.28. The number of H-pyrrole nitrogens is 1. The molecule has 3 heterocycles. The summed E-state index contributed by atoms with van der Waals surface area (Å²) in [5, 5.41) is 0.402. The lowest BCUT2D eigenvalue weighted by Gasteiger charge is -2.12. The highest BCUT2D eigenvalue weighted by Crippen LogP contribution is 2.30. The molecule has 0 spiro atoms. The van der Waals surface area contributed by atoms with Crippen LogP contribution in [0.25, 0.3) is 39.3 Å². The molecule has 0 bridgehead atoms. The summed E-state index contributed by atoms with van der Waals surface area (Å²) in [6, 6.07) is 22.4. The number of nitrogens with zero attached hydrogens (tertiary/aromatic N) is 2. The minimum Gasteiger partial charge on any atom is -0.497 e. The number of hydrogen-bond acceptors (Lipinski definition) is 5. The monoisotopic (exact) mass is 427 g/mol. The number of furan rings is 1. The van der Waals surface area contributed by atoms with E-state index in [0.717, 1.165) is 5.56 Å². The van der Waals surface area contributed by atoms with Gasteiger partial charge in [0, 0.05) is 11.1 Å². The highest BCUT2D eigenvalue weighted by molar-refractivity contribution is 7.71. The fourth-order valence-electron chi connectivity index (χ4n) is 3.56. The molecule has 152 valence electrons. The molecule has 0 aliphatic carbocycles. The first-order chi connectivity index (χ1) is 15.2. The lowest BCUT2D eigenvalue weighted by atomic mass is 10.0. The molecule has 1 N–H and O–H groups in total. The zero-order valence-corrected chi connectivity index (χ0v) is 17.3. The Kier molecular flexibility index (Phi) is 4.72. The lowest BCUT2D eigenvalue weighted by molar-refractivity contribution is 0.414. The molecule has 0 atom stereocenters. The summed E-state index contributed by atoms with van der Waals surface area (Å²) in [6.07, 6.45) is 1.58. The third kappa shape index (κ3) is 3.35. The zero-order valence-electron chi connectivity index (χ0n) is 16.5. The van der Waals surface area contributed by atoms with Crippen LogP contribution in [-0.4, -0.2) is 21.6 Å². The van der Waals surface area contributed by atoms with Crippen molar-refractivity contribution in [1.82, 2.24) is 14.5 Å². The van der Waals surface area contributed by atoms with Gasteiger partial charge in [0.15, 0.2) is 4.77 Å². The highest BCUT2D eigenvalue weighted by atomic mass is 32.1. The van der Waals surface area contributed by atoms with Crippen molar-refractivity contribution in [3.63, 3.8) is 0 Å². The van der Waals surface area contributed by atoms with E-state index in [9.17, 15) is 4.79 Å². The van der Waals surface area contributed by atoms with Gasteiger partial charge in [-0.25, -0.2) is 4.98 Å². The Morgan fingerprint density at radius 3 is 2.48 bits per heavy atom. The van der Waals surface area contributed by atoms with Crippen LogP contribution in [0.4, 0.5) is 0 Å². The Balaban J connectivity index is 1.83. The molecule has 5 aromatic rings. The average Bonchev–Trinajstić information content (AvgIpc) is 3.34. The number of aromatic amines is 1. The van der Waals surface area contributed by atoms with Crippen molar-refractivity contribution >= 4 is 23.3 Å². The minimum absolute atomic E-state index is 0.255. The predicted molar refractivity (Wildman–Crippen MR) is 122 cm³/mol. The van der Waals surface area contributed by atoms with Gasteiger partial charge in [0.05, 0.1) is 30.1 Å². The molecule has 0 amide bonds. The van der Waals surface area contributed by atoms with Crippen LogP contribution in [0.15, 0.2) is 88.3 Å². The fraction of sp³-hybridized carbons (Fsp3) is 0.0417. The number of ether oxygens (including phenoxy) is 1. The molecule has 0 saturated heterocycles. The summed E-state index contributed by atoms with van der Waals surface area (Å²) >= 11 is 5.53. The molecule has 0 aliphatic heterocycles. The number of pyridine rings is 1. The molecular formula is C24H17N3O3S. The number of benzene rings is 2. The fourth-order valence-corrected chi connectivity index (χ4v) is 3.85. The van der Waals surface area contributed by atoms with Crippen molar-refractivity contribution in [2.75, 3.05) is 7.11 Å². The Hall–Kier alpha value is -3.97. The summed E-state index contributed by atoms with van der Waals surface area (Å²) in [4.78, 5) is 21.5. The summed E-state index contributed by atoms with van der Waals surface area (Å²) in [5.41, 5.74) is 3.05. The van der Waals surface area contributed by atoms with E-state index in [1.165, 1.54) is 4.57 Å². The van der Waals surface area contributed by atoms with Crippen LogP contribution in [0.3, 0.4) is 0 Å². The smallest absolute Gasteiger partial charge is 0.269 e. The average molecular weight is 427 g/mol. The maximum atomic E-state index is 13.6. The van der Waals surface area contributed by atoms with Crippen LogP contribution in [-0.2, 0) is 0 Å². The number of rotatable bonds is 4. The molecule has 0 aliphatic rings. The van der Waals surface area contributed by atoms with E-state index in [1.54, 1.807) is 43.7 Å². The molecule has 5 rings (SSSR count). The second kappa shape index (κ2) is 7.70. The van der Waals surface area contributed by atoms with Crippen molar-refractivity contribution in [3.05, 3.63) is 94.2 Å². The van der Waals surface area contributed by atoms with Gasteiger partial charge in [-0.3, -0.25) is 9.36 Å². The molecule has 3 aromatic heterocycles. The van der Waals surface area contributed by atoms with Gasteiger partial charge < -0.3 is 14.1 Å². The Bertz CT molecular complexity index is 1490. The Labute approximate surface area is 182 Å². The number of aromatic nitrogens is 3. The first kappa shape index (κ1) is 19.0. The maximum absolute atomic E-state index is 13.6. The molecule has 0 unspecified atom stereocenters. The van der Waals surface area contributed by atoms with Gasteiger partial charge in [0.25, 0.3) is 5.56 Å². The molecule has 31 heavy (non-hydrogen) atoms. The molecule has 0 saturated carbocycles. The predicted octanol–water partition coefficient (Wildman–Crippen LogP) is 5.38. The summed E-state index contributed by atoms with van der Waals surface area (Å²) in [5.74, 6) is 1.27. The topological polar surface area (TPSA) is 73.1 Å². The summed E-state index contributed by atoms with van der Waals surface area (Å²) in [6.45, 7) is 0. The van der Waals surface area contributed by atoms with E-state index in [-0.39, 0.29) is 10.3 Å². The van der Waals surface area contributed by atoms with Gasteiger partial charge in [0.2, 0.25) is 0 Å². The normalized spacial score (nSPS) is 11.0. The van der Waals surface area contributed by atoms with E-state index >= 15 is 0 Å². The van der Waals surface area contributed by atoms with E-state index < -0.39 is 0 Å². The van der Waals surface area contributed by atoms with Crippen LogP contribution in [0.1, 0.15) is 0 Å². The molecule has 7 heteroatoms.